The fraction of sp³-hybridized carbons (Fsp3) is 0.364. The molecule has 0 spiro atoms. The first kappa shape index (κ1) is 18.7. The van der Waals surface area contributed by atoms with Gasteiger partial charge in [0.25, 0.3) is 0 Å². The van der Waals surface area contributed by atoms with E-state index >= 15 is 0 Å². The number of ether oxygens (including phenoxy) is 2. The Morgan fingerprint density at radius 1 is 1.07 bits per heavy atom. The second kappa shape index (κ2) is 8.54. The Labute approximate surface area is 164 Å². The monoisotopic (exact) mass is 380 g/mol. The number of rotatable bonds is 6. The smallest absolute Gasteiger partial charge is 0.339 e. The molecule has 2 aliphatic rings. The zero-order chi connectivity index (χ0) is 19.3. The van der Waals surface area contributed by atoms with Gasteiger partial charge in [-0.3, -0.25) is 9.69 Å². The van der Waals surface area contributed by atoms with Crippen LogP contribution in [0.25, 0.3) is 0 Å². The van der Waals surface area contributed by atoms with Gasteiger partial charge in [0.05, 0.1) is 31.2 Å². The van der Waals surface area contributed by atoms with Crippen LogP contribution in [0.5, 0.6) is 0 Å². The van der Waals surface area contributed by atoms with Crippen LogP contribution in [0.1, 0.15) is 40.1 Å². The van der Waals surface area contributed by atoms with Gasteiger partial charge in [0.2, 0.25) is 5.91 Å². The summed E-state index contributed by atoms with van der Waals surface area (Å²) in [6, 6.07) is 17.5. The Hall–Kier alpha value is -2.70. The molecule has 0 bridgehead atoms. The number of nitrogens with one attached hydrogen (secondary N) is 1. The highest BCUT2D eigenvalue weighted by Crippen LogP contribution is 2.32. The molecule has 1 fully saturated rings. The van der Waals surface area contributed by atoms with Crippen LogP contribution in [-0.4, -0.2) is 49.6 Å². The predicted molar refractivity (Wildman–Crippen MR) is 104 cm³/mol. The first-order chi connectivity index (χ1) is 13.7. The predicted octanol–water partition coefficient (Wildman–Crippen LogP) is 2.48. The lowest BCUT2D eigenvalue weighted by Gasteiger charge is -2.35. The number of morpholine rings is 1. The van der Waals surface area contributed by atoms with Crippen molar-refractivity contribution in [2.24, 2.45) is 0 Å². The van der Waals surface area contributed by atoms with Gasteiger partial charge in [0, 0.05) is 25.2 Å². The maximum atomic E-state index is 12.6. The number of carbonyl (C=O) groups is 2. The summed E-state index contributed by atoms with van der Waals surface area (Å²) in [6.45, 7) is 3.58. The second-order valence-corrected chi connectivity index (χ2v) is 7.06. The van der Waals surface area contributed by atoms with E-state index in [9.17, 15) is 9.59 Å². The Morgan fingerprint density at radius 3 is 2.57 bits per heavy atom. The molecule has 2 unspecified atom stereocenters. The Balaban J connectivity index is 1.40. The molecule has 146 valence electrons. The first-order valence-electron chi connectivity index (χ1n) is 9.66. The number of hydrogen-bond acceptors (Lipinski definition) is 5. The summed E-state index contributed by atoms with van der Waals surface area (Å²) < 4.78 is 10.8. The fourth-order valence-electron chi connectivity index (χ4n) is 3.84. The molecule has 6 heteroatoms. The highest BCUT2D eigenvalue weighted by atomic mass is 16.5. The van der Waals surface area contributed by atoms with Crippen LogP contribution in [0, 0.1) is 0 Å². The lowest BCUT2D eigenvalue weighted by molar-refractivity contribution is -0.123. The number of amides is 1. The van der Waals surface area contributed by atoms with Crippen molar-refractivity contribution in [2.45, 2.75) is 18.6 Å². The summed E-state index contributed by atoms with van der Waals surface area (Å²) in [7, 11) is 0. The van der Waals surface area contributed by atoms with Crippen LogP contribution >= 0.6 is 0 Å². The van der Waals surface area contributed by atoms with Crippen molar-refractivity contribution < 1.29 is 19.1 Å². The number of benzene rings is 2. The lowest BCUT2D eigenvalue weighted by atomic mass is 10.0. The molecule has 28 heavy (non-hydrogen) atoms. The maximum absolute atomic E-state index is 12.6. The fourth-order valence-corrected chi connectivity index (χ4v) is 3.84. The van der Waals surface area contributed by atoms with Crippen LogP contribution in [0.15, 0.2) is 54.6 Å². The van der Waals surface area contributed by atoms with Gasteiger partial charge in [-0.15, -0.1) is 0 Å². The zero-order valence-electron chi connectivity index (χ0n) is 15.7. The number of nitrogens with zero attached hydrogens (tertiary/aromatic N) is 1. The van der Waals surface area contributed by atoms with Crippen molar-refractivity contribution in [2.75, 3.05) is 32.8 Å². The van der Waals surface area contributed by atoms with E-state index in [1.807, 2.05) is 30.3 Å². The number of fused-ring (bicyclic) bond motifs is 1. The van der Waals surface area contributed by atoms with Gasteiger partial charge in [-0.25, -0.2) is 4.79 Å². The standard InChI is InChI=1S/C22H24N2O4/c25-21(14-20-17-8-4-5-9-18(17)22(26)28-20)23-15-19(16-6-2-1-3-7-16)24-10-12-27-13-11-24/h1-9,19-20H,10-15H2,(H,23,25). The van der Waals surface area contributed by atoms with E-state index in [0.717, 1.165) is 18.7 Å². The molecule has 2 aliphatic heterocycles. The molecule has 0 saturated carbocycles. The van der Waals surface area contributed by atoms with Crippen molar-refractivity contribution >= 4 is 11.9 Å². The van der Waals surface area contributed by atoms with Crippen molar-refractivity contribution in [1.82, 2.24) is 10.2 Å². The van der Waals surface area contributed by atoms with Gasteiger partial charge >= 0.3 is 5.97 Å². The van der Waals surface area contributed by atoms with Crippen LogP contribution < -0.4 is 5.32 Å². The summed E-state index contributed by atoms with van der Waals surface area (Å²) >= 11 is 0. The molecule has 0 aromatic heterocycles. The molecule has 2 aromatic rings. The molecular formula is C22H24N2O4. The molecular weight excluding hydrogens is 356 g/mol. The summed E-state index contributed by atoms with van der Waals surface area (Å²) in [5.74, 6) is -0.479. The molecule has 0 aliphatic carbocycles. The zero-order valence-corrected chi connectivity index (χ0v) is 15.7. The van der Waals surface area contributed by atoms with Crippen molar-refractivity contribution in [3.8, 4) is 0 Å². The SMILES string of the molecule is O=C(CC1OC(=O)c2ccccc21)NCC(c1ccccc1)N1CCOCC1. The van der Waals surface area contributed by atoms with Crippen molar-refractivity contribution in [1.29, 1.82) is 0 Å². The van der Waals surface area contributed by atoms with Gasteiger partial charge in [-0.05, 0) is 11.6 Å². The van der Waals surface area contributed by atoms with Gasteiger partial charge in [0.1, 0.15) is 6.10 Å². The largest absolute Gasteiger partial charge is 0.453 e. The Morgan fingerprint density at radius 2 is 1.79 bits per heavy atom. The summed E-state index contributed by atoms with van der Waals surface area (Å²) in [6.07, 6.45) is -0.379. The molecule has 0 radical (unpaired) electrons. The average Bonchev–Trinajstić information content (AvgIpc) is 3.05. The van der Waals surface area contributed by atoms with Crippen LogP contribution in [-0.2, 0) is 14.3 Å². The van der Waals surface area contributed by atoms with Gasteiger partial charge in [0.15, 0.2) is 0 Å². The minimum atomic E-state index is -0.512. The summed E-state index contributed by atoms with van der Waals surface area (Å²) in [5.41, 5.74) is 2.51. The quantitative estimate of drug-likeness (QED) is 0.780. The van der Waals surface area contributed by atoms with Crippen LogP contribution in [0.3, 0.4) is 0 Å². The van der Waals surface area contributed by atoms with E-state index in [1.54, 1.807) is 12.1 Å². The van der Waals surface area contributed by atoms with Crippen molar-refractivity contribution in [3.05, 3.63) is 71.3 Å². The maximum Gasteiger partial charge on any atom is 0.339 e. The van der Waals surface area contributed by atoms with Gasteiger partial charge < -0.3 is 14.8 Å². The van der Waals surface area contributed by atoms with Crippen LogP contribution in [0.2, 0.25) is 0 Å². The molecule has 4 rings (SSSR count). The van der Waals surface area contributed by atoms with E-state index in [-0.39, 0.29) is 24.3 Å². The molecule has 1 saturated heterocycles. The van der Waals surface area contributed by atoms with Gasteiger partial charge in [-0.1, -0.05) is 48.5 Å². The molecule has 1 N–H and O–H groups in total. The molecule has 2 atom stereocenters. The highest BCUT2D eigenvalue weighted by molar-refractivity contribution is 5.94. The van der Waals surface area contributed by atoms with E-state index in [2.05, 4.69) is 22.3 Å². The Bertz CT molecular complexity index is 833. The third-order valence-corrected chi connectivity index (χ3v) is 5.31. The first-order valence-corrected chi connectivity index (χ1v) is 9.66. The Kier molecular flexibility index (Phi) is 5.69. The molecule has 2 heterocycles. The topological polar surface area (TPSA) is 67.9 Å². The van der Waals surface area contributed by atoms with Crippen LogP contribution in [0.4, 0.5) is 0 Å². The normalized spacial score (nSPS) is 20.3. The van der Waals surface area contributed by atoms with E-state index in [1.165, 1.54) is 5.56 Å². The number of esters is 1. The summed E-state index contributed by atoms with van der Waals surface area (Å²) in [4.78, 5) is 26.9. The minimum Gasteiger partial charge on any atom is -0.453 e. The summed E-state index contributed by atoms with van der Waals surface area (Å²) in [5, 5.41) is 3.04. The van der Waals surface area contributed by atoms with E-state index in [0.29, 0.717) is 25.3 Å². The minimum absolute atomic E-state index is 0.0902. The third kappa shape index (κ3) is 4.08. The van der Waals surface area contributed by atoms with Gasteiger partial charge in [-0.2, -0.15) is 0 Å². The highest BCUT2D eigenvalue weighted by Gasteiger charge is 2.32. The number of hydrogen-bond donors (Lipinski definition) is 1. The third-order valence-electron chi connectivity index (χ3n) is 5.31. The number of carbonyl (C=O) groups excluding carboxylic acids is 2. The molecule has 2 aromatic carbocycles. The molecule has 1 amide bonds. The van der Waals surface area contributed by atoms with E-state index in [4.69, 9.17) is 9.47 Å². The molecule has 6 nitrogen and oxygen atoms in total. The second-order valence-electron chi connectivity index (χ2n) is 7.06. The number of cyclic esters (lactones) is 1. The lowest BCUT2D eigenvalue weighted by Crippen LogP contribution is -2.44. The van der Waals surface area contributed by atoms with E-state index < -0.39 is 6.10 Å². The average molecular weight is 380 g/mol. The van der Waals surface area contributed by atoms with Crippen molar-refractivity contribution in [3.63, 3.8) is 0 Å².